The maximum atomic E-state index is 13.9. The molecule has 1 atom stereocenters. The van der Waals surface area contributed by atoms with Gasteiger partial charge in [-0.05, 0) is 47.2 Å². The molecule has 0 radical (unpaired) electrons. The number of amides is 1. The number of aliphatic carboxylic acids is 1. The van der Waals surface area contributed by atoms with Crippen LogP contribution < -0.4 is 10.1 Å². The normalized spacial score (nSPS) is 14.9. The fourth-order valence-corrected chi connectivity index (χ4v) is 5.32. The summed E-state index contributed by atoms with van der Waals surface area (Å²) in [5, 5.41) is 13.1. The molecule has 0 saturated heterocycles. The van der Waals surface area contributed by atoms with Crippen LogP contribution in [0.25, 0.3) is 11.1 Å². The molecule has 1 aliphatic rings. The van der Waals surface area contributed by atoms with Crippen LogP contribution >= 0.6 is 0 Å². The Morgan fingerprint density at radius 3 is 2.03 bits per heavy atom. The van der Waals surface area contributed by atoms with Crippen molar-refractivity contribution in [2.24, 2.45) is 0 Å². The van der Waals surface area contributed by atoms with Crippen LogP contribution in [0.15, 0.2) is 109 Å². The highest BCUT2D eigenvalue weighted by Gasteiger charge is 2.43. The van der Waals surface area contributed by atoms with Crippen LogP contribution in [-0.2, 0) is 21.4 Å². The molecule has 0 aliphatic heterocycles. The monoisotopic (exact) mass is 505 g/mol. The maximum absolute atomic E-state index is 13.9. The zero-order valence-electron chi connectivity index (χ0n) is 21.2. The van der Waals surface area contributed by atoms with E-state index >= 15 is 0 Å². The van der Waals surface area contributed by atoms with E-state index in [1.807, 2.05) is 109 Å². The number of benzene rings is 4. The number of carbonyl (C=O) groups is 2. The van der Waals surface area contributed by atoms with Gasteiger partial charge in [-0.3, -0.25) is 4.79 Å². The third-order valence-electron chi connectivity index (χ3n) is 7.36. The van der Waals surface area contributed by atoms with E-state index < -0.39 is 17.5 Å². The van der Waals surface area contributed by atoms with Gasteiger partial charge in [0.2, 0.25) is 5.91 Å². The van der Waals surface area contributed by atoms with Gasteiger partial charge < -0.3 is 15.2 Å². The van der Waals surface area contributed by atoms with Crippen molar-refractivity contribution in [2.45, 2.75) is 43.6 Å². The van der Waals surface area contributed by atoms with Crippen LogP contribution in [0.5, 0.6) is 5.75 Å². The highest BCUT2D eigenvalue weighted by molar-refractivity contribution is 6.00. The van der Waals surface area contributed by atoms with Gasteiger partial charge in [-0.2, -0.15) is 0 Å². The van der Waals surface area contributed by atoms with E-state index in [9.17, 15) is 14.7 Å². The van der Waals surface area contributed by atoms with Crippen LogP contribution in [0.2, 0.25) is 0 Å². The summed E-state index contributed by atoms with van der Waals surface area (Å²) in [5.74, 6) is -0.814. The van der Waals surface area contributed by atoms with E-state index in [2.05, 4.69) is 5.32 Å². The maximum Gasteiger partial charge on any atom is 0.345 e. The molecule has 2 N–H and O–H groups in total. The Hall–Kier alpha value is -4.38. The van der Waals surface area contributed by atoms with Crippen LogP contribution in [-0.4, -0.2) is 23.1 Å². The lowest BCUT2D eigenvalue weighted by Crippen LogP contribution is -2.38. The highest BCUT2D eigenvalue weighted by atomic mass is 16.5. The van der Waals surface area contributed by atoms with E-state index in [-0.39, 0.29) is 12.3 Å². The highest BCUT2D eigenvalue weighted by Crippen LogP contribution is 2.43. The molecular formula is C33H31NO4. The Labute approximate surface area is 223 Å². The zero-order chi connectivity index (χ0) is 26.4. The molecule has 0 aromatic heterocycles. The fourth-order valence-electron chi connectivity index (χ4n) is 5.32. The van der Waals surface area contributed by atoms with Gasteiger partial charge in [0.1, 0.15) is 5.75 Å². The molecule has 0 bridgehead atoms. The number of carbonyl (C=O) groups excluding carboxylic acids is 1. The second-order valence-electron chi connectivity index (χ2n) is 9.82. The predicted octanol–water partition coefficient (Wildman–Crippen LogP) is 6.88. The second kappa shape index (κ2) is 11.3. The van der Waals surface area contributed by atoms with Crippen molar-refractivity contribution in [1.29, 1.82) is 0 Å². The molecule has 38 heavy (non-hydrogen) atoms. The molecule has 1 saturated carbocycles. The molecule has 1 amide bonds. The van der Waals surface area contributed by atoms with Crippen LogP contribution in [0.3, 0.4) is 0 Å². The molecule has 1 unspecified atom stereocenters. The van der Waals surface area contributed by atoms with Crippen molar-refractivity contribution < 1.29 is 19.4 Å². The number of hydrogen-bond donors (Lipinski definition) is 2. The van der Waals surface area contributed by atoms with Gasteiger partial charge in [0.15, 0.2) is 6.10 Å². The van der Waals surface area contributed by atoms with Gasteiger partial charge in [0, 0.05) is 6.42 Å². The fraction of sp³-hybridized carbons (Fsp3) is 0.212. The average molecular weight is 506 g/mol. The quantitative estimate of drug-likeness (QED) is 0.260. The molecule has 0 heterocycles. The van der Waals surface area contributed by atoms with Crippen molar-refractivity contribution in [1.82, 2.24) is 0 Å². The molecule has 0 spiro atoms. The lowest BCUT2D eigenvalue weighted by atomic mass is 9.78. The summed E-state index contributed by atoms with van der Waals surface area (Å²) < 4.78 is 6.16. The third-order valence-corrected chi connectivity index (χ3v) is 7.36. The number of nitrogens with one attached hydrogen (secondary N) is 1. The number of anilines is 1. The Bertz CT molecular complexity index is 1380. The van der Waals surface area contributed by atoms with E-state index in [0.29, 0.717) is 11.4 Å². The van der Waals surface area contributed by atoms with Crippen LogP contribution in [0.1, 0.15) is 36.8 Å². The Kier molecular flexibility index (Phi) is 7.55. The van der Waals surface area contributed by atoms with Crippen molar-refractivity contribution in [3.63, 3.8) is 0 Å². The first-order chi connectivity index (χ1) is 18.5. The lowest BCUT2D eigenvalue weighted by Gasteiger charge is -2.29. The number of ether oxygens (including phenoxy) is 1. The molecule has 1 fully saturated rings. The van der Waals surface area contributed by atoms with Gasteiger partial charge in [0.25, 0.3) is 0 Å². The molecule has 1 aliphatic carbocycles. The molecule has 5 rings (SSSR count). The van der Waals surface area contributed by atoms with Crippen LogP contribution in [0.4, 0.5) is 5.69 Å². The molecular weight excluding hydrogens is 474 g/mol. The van der Waals surface area contributed by atoms with Gasteiger partial charge in [-0.25, -0.2) is 4.79 Å². The molecule has 4 aromatic rings. The first-order valence-corrected chi connectivity index (χ1v) is 13.0. The smallest absolute Gasteiger partial charge is 0.345 e. The van der Waals surface area contributed by atoms with E-state index in [4.69, 9.17) is 4.74 Å². The molecule has 4 aromatic carbocycles. The van der Waals surface area contributed by atoms with Gasteiger partial charge in [-0.1, -0.05) is 110 Å². The average Bonchev–Trinajstić information content (AvgIpc) is 3.46. The SMILES string of the molecule is O=C(O)C(Cc1ccccc1)Oc1cc(-c2ccccc2)ccc1NC(=O)C1(c2ccccc2)CCCC1. The van der Waals surface area contributed by atoms with Crippen molar-refractivity contribution in [3.8, 4) is 16.9 Å². The minimum Gasteiger partial charge on any atom is -0.478 e. The molecule has 5 nitrogen and oxygen atoms in total. The van der Waals surface area contributed by atoms with Gasteiger partial charge in [-0.15, -0.1) is 0 Å². The molecule has 5 heteroatoms. The first kappa shape index (κ1) is 25.3. The number of carboxylic acids is 1. The van der Waals surface area contributed by atoms with E-state index in [1.54, 1.807) is 0 Å². The number of rotatable bonds is 9. The first-order valence-electron chi connectivity index (χ1n) is 13.0. The van der Waals surface area contributed by atoms with Crippen molar-refractivity contribution in [2.75, 3.05) is 5.32 Å². The standard InChI is InChI=1S/C33H31NO4/c35-31(36)30(22-24-12-4-1-5-13-24)38-29-23-26(25-14-6-2-7-15-25)18-19-28(29)34-32(37)33(20-10-11-21-33)27-16-8-3-9-17-27/h1-9,12-19,23,30H,10-11,20-22H2,(H,34,37)(H,35,36). The Morgan fingerprint density at radius 1 is 0.789 bits per heavy atom. The van der Waals surface area contributed by atoms with E-state index in [0.717, 1.165) is 47.9 Å². The second-order valence-corrected chi connectivity index (χ2v) is 9.82. The summed E-state index contributed by atoms with van der Waals surface area (Å²) in [4.78, 5) is 26.1. The Balaban J connectivity index is 1.49. The predicted molar refractivity (Wildman–Crippen MR) is 149 cm³/mol. The summed E-state index contributed by atoms with van der Waals surface area (Å²) in [5.41, 5.74) is 3.57. The third kappa shape index (κ3) is 5.47. The lowest BCUT2D eigenvalue weighted by molar-refractivity contribution is -0.145. The van der Waals surface area contributed by atoms with E-state index in [1.165, 1.54) is 0 Å². The molecule has 192 valence electrons. The largest absolute Gasteiger partial charge is 0.478 e. The summed E-state index contributed by atoms with van der Waals surface area (Å²) in [6.45, 7) is 0. The van der Waals surface area contributed by atoms with Crippen molar-refractivity contribution >= 4 is 17.6 Å². The minimum atomic E-state index is -1.12. The zero-order valence-corrected chi connectivity index (χ0v) is 21.2. The number of carboxylic acid groups (broad SMARTS) is 1. The van der Waals surface area contributed by atoms with Gasteiger partial charge >= 0.3 is 5.97 Å². The summed E-state index contributed by atoms with van der Waals surface area (Å²) in [7, 11) is 0. The summed E-state index contributed by atoms with van der Waals surface area (Å²) in [6.07, 6.45) is 2.59. The number of hydrogen-bond acceptors (Lipinski definition) is 3. The summed E-state index contributed by atoms with van der Waals surface area (Å²) in [6, 6.07) is 34.7. The van der Waals surface area contributed by atoms with Crippen LogP contribution in [0, 0.1) is 0 Å². The Morgan fingerprint density at radius 2 is 1.39 bits per heavy atom. The van der Waals surface area contributed by atoms with Gasteiger partial charge in [0.05, 0.1) is 11.1 Å². The van der Waals surface area contributed by atoms with Crippen molar-refractivity contribution in [3.05, 3.63) is 120 Å². The minimum absolute atomic E-state index is 0.0894. The topological polar surface area (TPSA) is 75.6 Å². The summed E-state index contributed by atoms with van der Waals surface area (Å²) >= 11 is 0.